The summed E-state index contributed by atoms with van der Waals surface area (Å²) in [5.74, 6) is -0.975. The van der Waals surface area contributed by atoms with Crippen LogP contribution in [0, 0.1) is 10.1 Å². The molecule has 28 heavy (non-hydrogen) atoms. The number of carbonyl (C=O) groups is 1. The summed E-state index contributed by atoms with van der Waals surface area (Å²) >= 11 is 0. The topological polar surface area (TPSA) is 80.4 Å². The lowest BCUT2D eigenvalue weighted by molar-refractivity contribution is -0.524. The summed E-state index contributed by atoms with van der Waals surface area (Å²) in [5.41, 5.74) is 0. The Morgan fingerprint density at radius 2 is 1.36 bits per heavy atom. The first-order valence-electron chi connectivity index (χ1n) is 10.9. The molecule has 0 fully saturated rings. The number of aliphatic carboxylic acids is 1. The summed E-state index contributed by atoms with van der Waals surface area (Å²) < 4.78 is 0. The highest BCUT2D eigenvalue weighted by Crippen LogP contribution is 2.11. The number of carboxylic acids is 1. The maximum atomic E-state index is 10.9. The molecule has 0 aliphatic carbocycles. The van der Waals surface area contributed by atoms with Crippen molar-refractivity contribution in [3.8, 4) is 0 Å². The molecule has 0 amide bonds. The highest BCUT2D eigenvalue weighted by Gasteiger charge is 2.20. The summed E-state index contributed by atoms with van der Waals surface area (Å²) in [4.78, 5) is 21.1. The Balaban J connectivity index is 3.58. The third-order valence-electron chi connectivity index (χ3n) is 4.64. The van der Waals surface area contributed by atoms with Gasteiger partial charge in [-0.25, -0.2) is 0 Å². The molecule has 0 aliphatic rings. The molecule has 0 rings (SSSR count). The van der Waals surface area contributed by atoms with Crippen LogP contribution in [0.1, 0.15) is 96.8 Å². The zero-order valence-electron chi connectivity index (χ0n) is 17.6. The van der Waals surface area contributed by atoms with Crippen molar-refractivity contribution in [2.75, 3.05) is 0 Å². The summed E-state index contributed by atoms with van der Waals surface area (Å²) in [6, 6.07) is -0.740. The molecule has 5 heteroatoms. The maximum Gasteiger partial charge on any atom is 0.303 e. The van der Waals surface area contributed by atoms with Gasteiger partial charge in [0, 0.05) is 17.8 Å². The van der Waals surface area contributed by atoms with Crippen molar-refractivity contribution < 1.29 is 14.8 Å². The third-order valence-corrected chi connectivity index (χ3v) is 4.64. The first-order chi connectivity index (χ1) is 13.6. The van der Waals surface area contributed by atoms with E-state index in [1.165, 1.54) is 44.9 Å². The molecular formula is C23H39NO4. The lowest BCUT2D eigenvalue weighted by Crippen LogP contribution is -2.20. The van der Waals surface area contributed by atoms with E-state index in [9.17, 15) is 14.9 Å². The van der Waals surface area contributed by atoms with E-state index in [0.29, 0.717) is 6.42 Å². The predicted octanol–water partition coefficient (Wildman–Crippen LogP) is 6.87. The smallest absolute Gasteiger partial charge is 0.303 e. The Labute approximate surface area is 170 Å². The Morgan fingerprint density at radius 3 is 1.86 bits per heavy atom. The number of hydrogen-bond donors (Lipinski definition) is 1. The average Bonchev–Trinajstić information content (AvgIpc) is 2.66. The normalized spacial score (nSPS) is 13.0. The van der Waals surface area contributed by atoms with Gasteiger partial charge >= 0.3 is 5.97 Å². The number of nitro groups is 1. The summed E-state index contributed by atoms with van der Waals surface area (Å²) in [6.45, 7) is 2.23. The average molecular weight is 394 g/mol. The van der Waals surface area contributed by atoms with Crippen molar-refractivity contribution in [1.82, 2.24) is 0 Å². The Kier molecular flexibility index (Phi) is 18.5. The van der Waals surface area contributed by atoms with E-state index in [0.717, 1.165) is 25.7 Å². The van der Waals surface area contributed by atoms with Gasteiger partial charge in [-0.15, -0.1) is 0 Å². The van der Waals surface area contributed by atoms with Crippen molar-refractivity contribution in [3.63, 3.8) is 0 Å². The van der Waals surface area contributed by atoms with Crippen LogP contribution in [-0.2, 0) is 4.79 Å². The lowest BCUT2D eigenvalue weighted by atomic mass is 10.0. The van der Waals surface area contributed by atoms with Gasteiger partial charge in [0.05, 0.1) is 6.42 Å². The van der Waals surface area contributed by atoms with Gasteiger partial charge in [0.2, 0.25) is 6.04 Å². The van der Waals surface area contributed by atoms with E-state index in [-0.39, 0.29) is 17.8 Å². The van der Waals surface area contributed by atoms with Gasteiger partial charge in [0.1, 0.15) is 0 Å². The van der Waals surface area contributed by atoms with E-state index in [4.69, 9.17) is 5.11 Å². The molecule has 0 radical (unpaired) electrons. The molecule has 0 bridgehead atoms. The van der Waals surface area contributed by atoms with Gasteiger partial charge in [-0.2, -0.15) is 0 Å². The molecule has 0 aromatic carbocycles. The van der Waals surface area contributed by atoms with Crippen LogP contribution in [-0.4, -0.2) is 22.0 Å². The molecule has 0 saturated heterocycles. The first kappa shape index (κ1) is 26.1. The van der Waals surface area contributed by atoms with E-state index < -0.39 is 12.0 Å². The second-order valence-electron chi connectivity index (χ2n) is 7.23. The largest absolute Gasteiger partial charge is 0.481 e. The summed E-state index contributed by atoms with van der Waals surface area (Å²) in [5, 5.41) is 19.5. The van der Waals surface area contributed by atoms with Gasteiger partial charge in [-0.1, -0.05) is 56.2 Å². The predicted molar refractivity (Wildman–Crippen MR) is 116 cm³/mol. The number of rotatable bonds is 19. The van der Waals surface area contributed by atoms with E-state index in [1.807, 2.05) is 0 Å². The maximum absolute atomic E-state index is 10.9. The number of unbranched alkanes of at least 4 members (excludes halogenated alkanes) is 7. The second-order valence-corrected chi connectivity index (χ2v) is 7.23. The second kappa shape index (κ2) is 19.8. The minimum atomic E-state index is -0.975. The van der Waals surface area contributed by atoms with Crippen LogP contribution in [0.4, 0.5) is 0 Å². The minimum absolute atomic E-state index is 0.115. The van der Waals surface area contributed by atoms with Crippen LogP contribution in [0.2, 0.25) is 0 Å². The highest BCUT2D eigenvalue weighted by atomic mass is 16.6. The number of hydrogen-bond acceptors (Lipinski definition) is 3. The number of allylic oxidation sites excluding steroid dienone is 6. The fourth-order valence-corrected chi connectivity index (χ4v) is 2.90. The molecule has 160 valence electrons. The third kappa shape index (κ3) is 18.9. The Bertz CT molecular complexity index is 483. The zero-order valence-corrected chi connectivity index (χ0v) is 17.6. The molecule has 0 aliphatic heterocycles. The number of carboxylic acid groups (broad SMARTS) is 1. The zero-order chi connectivity index (χ0) is 20.9. The van der Waals surface area contributed by atoms with E-state index in [1.54, 1.807) is 0 Å². The van der Waals surface area contributed by atoms with Crippen LogP contribution in [0.5, 0.6) is 0 Å². The van der Waals surface area contributed by atoms with Gasteiger partial charge in [0.15, 0.2) is 0 Å². The van der Waals surface area contributed by atoms with Crippen LogP contribution in [0.3, 0.4) is 0 Å². The monoisotopic (exact) mass is 393 g/mol. The molecule has 5 nitrogen and oxygen atoms in total. The van der Waals surface area contributed by atoms with Crippen molar-refractivity contribution >= 4 is 5.97 Å². The van der Waals surface area contributed by atoms with Crippen LogP contribution in [0.25, 0.3) is 0 Å². The van der Waals surface area contributed by atoms with Crippen LogP contribution >= 0.6 is 0 Å². The molecule has 1 unspecified atom stereocenters. The molecule has 0 spiro atoms. The standard InChI is InChI=1S/C23H39NO4/c1-2-3-4-5-6-7-8-9-10-11-12-13-14-15-16-17-18-19-22(24(27)28)20-21-23(25)26/h6-7,12-13,15-16,22H,2-5,8-11,14,17-21H2,1H3,(H,25,26). The van der Waals surface area contributed by atoms with Crippen molar-refractivity contribution in [2.45, 2.75) is 103 Å². The molecule has 1 N–H and O–H groups in total. The van der Waals surface area contributed by atoms with Gasteiger partial charge in [-0.05, 0) is 57.8 Å². The fraction of sp³-hybridized carbons (Fsp3) is 0.696. The quantitative estimate of drug-likeness (QED) is 0.112. The molecule has 0 aromatic heterocycles. The van der Waals surface area contributed by atoms with Crippen molar-refractivity contribution in [2.24, 2.45) is 0 Å². The fourth-order valence-electron chi connectivity index (χ4n) is 2.90. The Morgan fingerprint density at radius 1 is 0.857 bits per heavy atom. The summed E-state index contributed by atoms with van der Waals surface area (Å²) in [6.07, 6.45) is 25.9. The molecular weight excluding hydrogens is 354 g/mol. The lowest BCUT2D eigenvalue weighted by Gasteiger charge is -2.06. The van der Waals surface area contributed by atoms with Gasteiger partial charge in [-0.3, -0.25) is 14.9 Å². The highest BCUT2D eigenvalue weighted by molar-refractivity contribution is 5.66. The van der Waals surface area contributed by atoms with Crippen LogP contribution in [0.15, 0.2) is 36.5 Å². The SMILES string of the molecule is CCCCCC=CCCCCC=CCC=CCCCC(CCC(=O)O)[N+](=O)[O-]. The van der Waals surface area contributed by atoms with Crippen LogP contribution < -0.4 is 0 Å². The summed E-state index contributed by atoms with van der Waals surface area (Å²) in [7, 11) is 0. The molecule has 1 atom stereocenters. The van der Waals surface area contributed by atoms with E-state index >= 15 is 0 Å². The number of nitrogens with zero attached hydrogens (tertiary/aromatic N) is 1. The van der Waals surface area contributed by atoms with Crippen molar-refractivity contribution in [1.29, 1.82) is 0 Å². The van der Waals surface area contributed by atoms with E-state index in [2.05, 4.69) is 43.4 Å². The molecule has 0 aromatic rings. The molecule has 0 saturated carbocycles. The van der Waals surface area contributed by atoms with Crippen molar-refractivity contribution in [3.05, 3.63) is 46.6 Å². The van der Waals surface area contributed by atoms with Gasteiger partial charge < -0.3 is 5.11 Å². The Hall–Kier alpha value is -1.91. The minimum Gasteiger partial charge on any atom is -0.481 e. The van der Waals surface area contributed by atoms with Gasteiger partial charge in [0.25, 0.3) is 0 Å². The molecule has 0 heterocycles. The first-order valence-corrected chi connectivity index (χ1v) is 10.9.